The van der Waals surface area contributed by atoms with Crippen molar-refractivity contribution >= 4 is 16.1 Å². The highest BCUT2D eigenvalue weighted by Crippen LogP contribution is 2.35. The first kappa shape index (κ1) is 14.1. The Bertz CT molecular complexity index is 561. The molecule has 0 aromatic carbocycles. The lowest BCUT2D eigenvalue weighted by Crippen LogP contribution is -2.42. The summed E-state index contributed by atoms with van der Waals surface area (Å²) >= 11 is 0. The fourth-order valence-electron chi connectivity index (χ4n) is 1.94. The van der Waals surface area contributed by atoms with Crippen LogP contribution >= 0.6 is 0 Å². The normalized spacial score (nSPS) is 15.7. The van der Waals surface area contributed by atoms with Crippen molar-refractivity contribution in [2.24, 2.45) is 0 Å². The molecule has 0 saturated heterocycles. The van der Waals surface area contributed by atoms with E-state index in [0.29, 0.717) is 24.7 Å². The maximum atomic E-state index is 12.0. The van der Waals surface area contributed by atoms with Crippen LogP contribution in [0.2, 0.25) is 0 Å². The molecular weight excluding hydrogens is 266 g/mol. The minimum Gasteiger partial charge on any atom is -0.340 e. The molecule has 1 aliphatic rings. The zero-order valence-electron chi connectivity index (χ0n) is 11.2. The maximum absolute atomic E-state index is 12.0. The van der Waals surface area contributed by atoms with Crippen molar-refractivity contribution in [3.63, 3.8) is 0 Å². The lowest BCUT2D eigenvalue weighted by atomic mass is 10.4. The fraction of sp³-hybridized carbons (Fsp3) is 0.583. The second-order valence-corrected chi connectivity index (χ2v) is 6.57. The Balaban J connectivity index is 2.10. The maximum Gasteiger partial charge on any atom is 0.303 e. The van der Waals surface area contributed by atoms with E-state index in [9.17, 15) is 13.2 Å². The second-order valence-electron chi connectivity index (χ2n) is 4.79. The number of hydrogen-bond donors (Lipinski definition) is 1. The quantitative estimate of drug-likeness (QED) is 0.852. The monoisotopic (exact) mass is 285 g/mol. The lowest BCUT2D eigenvalue weighted by Gasteiger charge is -2.17. The van der Waals surface area contributed by atoms with Crippen molar-refractivity contribution < 1.29 is 13.2 Å². The van der Waals surface area contributed by atoms with E-state index in [2.05, 4.69) is 4.72 Å². The van der Waals surface area contributed by atoms with Gasteiger partial charge in [-0.2, -0.15) is 12.7 Å². The van der Waals surface area contributed by atoms with Gasteiger partial charge in [0.25, 0.3) is 5.91 Å². The average Bonchev–Trinajstić information content (AvgIpc) is 3.06. The molecular formula is C12H19N3O3S. The van der Waals surface area contributed by atoms with Gasteiger partial charge in [-0.15, -0.1) is 0 Å². The van der Waals surface area contributed by atoms with Gasteiger partial charge < -0.3 is 4.57 Å². The van der Waals surface area contributed by atoms with E-state index >= 15 is 0 Å². The number of nitrogens with zero attached hydrogens (tertiary/aromatic N) is 2. The van der Waals surface area contributed by atoms with Crippen LogP contribution in [0.5, 0.6) is 0 Å². The standard InChI is InChI=1S/C12H19N3O3S/c1-3-8-14(2)19(17,18)13-12(16)11-5-4-9-15(11)10-6-7-10/h4-5,9-10H,3,6-8H2,1-2H3,(H,13,16). The van der Waals surface area contributed by atoms with Crippen molar-refractivity contribution in [1.29, 1.82) is 0 Å². The summed E-state index contributed by atoms with van der Waals surface area (Å²) in [7, 11) is -2.29. The van der Waals surface area contributed by atoms with E-state index in [1.54, 1.807) is 12.1 Å². The van der Waals surface area contributed by atoms with Crippen molar-refractivity contribution in [1.82, 2.24) is 13.6 Å². The highest BCUT2D eigenvalue weighted by molar-refractivity contribution is 7.87. The minimum atomic E-state index is -3.75. The Hall–Kier alpha value is -1.34. The van der Waals surface area contributed by atoms with Gasteiger partial charge in [0, 0.05) is 25.8 Å². The first-order chi connectivity index (χ1) is 8.95. The van der Waals surface area contributed by atoms with Crippen molar-refractivity contribution in [3.8, 4) is 0 Å². The van der Waals surface area contributed by atoms with Crippen LogP contribution in [0.15, 0.2) is 18.3 Å². The smallest absolute Gasteiger partial charge is 0.303 e. The third-order valence-corrected chi connectivity index (χ3v) is 4.57. The zero-order valence-corrected chi connectivity index (χ0v) is 12.0. The number of nitrogens with one attached hydrogen (secondary N) is 1. The number of hydrogen-bond acceptors (Lipinski definition) is 3. The van der Waals surface area contributed by atoms with Crippen LogP contribution in [-0.4, -0.2) is 36.8 Å². The van der Waals surface area contributed by atoms with Gasteiger partial charge in [-0.3, -0.25) is 4.79 Å². The number of aromatic nitrogens is 1. The Kier molecular flexibility index (Phi) is 3.96. The number of carbonyl (C=O) groups excluding carboxylic acids is 1. The van der Waals surface area contributed by atoms with Crippen molar-refractivity contribution in [2.75, 3.05) is 13.6 Å². The molecule has 1 heterocycles. The van der Waals surface area contributed by atoms with Gasteiger partial charge in [0.1, 0.15) is 5.69 Å². The molecule has 6 nitrogen and oxygen atoms in total. The van der Waals surface area contributed by atoms with E-state index in [0.717, 1.165) is 17.1 Å². The van der Waals surface area contributed by atoms with Crippen LogP contribution in [0, 0.1) is 0 Å². The van der Waals surface area contributed by atoms with Gasteiger partial charge in [-0.1, -0.05) is 6.92 Å². The van der Waals surface area contributed by atoms with E-state index in [-0.39, 0.29) is 0 Å². The van der Waals surface area contributed by atoms with Crippen LogP contribution in [0.3, 0.4) is 0 Å². The summed E-state index contributed by atoms with van der Waals surface area (Å²) in [6.07, 6.45) is 4.59. The molecule has 0 unspecified atom stereocenters. The summed E-state index contributed by atoms with van der Waals surface area (Å²) < 4.78 is 28.9. The molecule has 0 atom stereocenters. The Morgan fingerprint density at radius 1 is 1.53 bits per heavy atom. The van der Waals surface area contributed by atoms with Crippen LogP contribution in [-0.2, 0) is 10.2 Å². The van der Waals surface area contributed by atoms with Crippen LogP contribution in [0.1, 0.15) is 42.7 Å². The Labute approximate surface area is 113 Å². The SMILES string of the molecule is CCCN(C)S(=O)(=O)NC(=O)c1cccn1C1CC1. The van der Waals surface area contributed by atoms with Gasteiger partial charge in [0.2, 0.25) is 0 Å². The molecule has 19 heavy (non-hydrogen) atoms. The fourth-order valence-corrected chi connectivity index (χ4v) is 2.86. The summed E-state index contributed by atoms with van der Waals surface area (Å²) in [6.45, 7) is 2.26. The predicted molar refractivity (Wildman–Crippen MR) is 72.0 cm³/mol. The van der Waals surface area contributed by atoms with Gasteiger partial charge in [0.15, 0.2) is 0 Å². The molecule has 0 spiro atoms. The summed E-state index contributed by atoms with van der Waals surface area (Å²) in [6, 6.07) is 3.74. The number of rotatable bonds is 6. The molecule has 1 aromatic heterocycles. The molecule has 1 fully saturated rings. The largest absolute Gasteiger partial charge is 0.340 e. The van der Waals surface area contributed by atoms with Crippen LogP contribution in [0.25, 0.3) is 0 Å². The Morgan fingerprint density at radius 3 is 2.79 bits per heavy atom. The lowest BCUT2D eigenvalue weighted by molar-refractivity contribution is 0.0970. The van der Waals surface area contributed by atoms with Gasteiger partial charge in [0.05, 0.1) is 0 Å². The molecule has 0 radical (unpaired) electrons. The molecule has 1 saturated carbocycles. The molecule has 7 heteroatoms. The van der Waals surface area contributed by atoms with Crippen molar-refractivity contribution in [3.05, 3.63) is 24.0 Å². The molecule has 106 valence electrons. The van der Waals surface area contributed by atoms with E-state index in [4.69, 9.17) is 0 Å². The summed E-state index contributed by atoms with van der Waals surface area (Å²) in [4.78, 5) is 12.0. The first-order valence-electron chi connectivity index (χ1n) is 6.41. The molecule has 1 aromatic rings. The third-order valence-electron chi connectivity index (χ3n) is 3.12. The van der Waals surface area contributed by atoms with E-state index < -0.39 is 16.1 Å². The third kappa shape index (κ3) is 3.16. The zero-order chi connectivity index (χ0) is 14.0. The minimum absolute atomic E-state index is 0.340. The Morgan fingerprint density at radius 2 is 2.21 bits per heavy atom. The highest BCUT2D eigenvalue weighted by Gasteiger charge is 2.28. The predicted octanol–water partition coefficient (Wildman–Crippen LogP) is 1.14. The first-order valence-corrected chi connectivity index (χ1v) is 7.85. The molecule has 0 aliphatic heterocycles. The van der Waals surface area contributed by atoms with Gasteiger partial charge in [-0.25, -0.2) is 4.72 Å². The summed E-state index contributed by atoms with van der Waals surface area (Å²) in [5.74, 6) is -0.570. The van der Waals surface area contributed by atoms with Gasteiger partial charge in [-0.05, 0) is 31.4 Å². The van der Waals surface area contributed by atoms with Gasteiger partial charge >= 0.3 is 10.2 Å². The number of carbonyl (C=O) groups is 1. The summed E-state index contributed by atoms with van der Waals surface area (Å²) in [5, 5.41) is 0. The molecule has 1 amide bonds. The average molecular weight is 285 g/mol. The topological polar surface area (TPSA) is 71.4 Å². The second kappa shape index (κ2) is 5.34. The highest BCUT2D eigenvalue weighted by atomic mass is 32.2. The molecule has 2 rings (SSSR count). The summed E-state index contributed by atoms with van der Waals surface area (Å²) in [5.41, 5.74) is 0.399. The molecule has 1 N–H and O–H groups in total. The van der Waals surface area contributed by atoms with Crippen LogP contribution < -0.4 is 4.72 Å². The molecule has 1 aliphatic carbocycles. The van der Waals surface area contributed by atoms with Crippen LogP contribution in [0.4, 0.5) is 0 Å². The van der Waals surface area contributed by atoms with Crippen molar-refractivity contribution in [2.45, 2.75) is 32.2 Å². The van der Waals surface area contributed by atoms with E-state index in [1.165, 1.54) is 7.05 Å². The van der Waals surface area contributed by atoms with E-state index in [1.807, 2.05) is 17.7 Å². The number of amides is 1. The molecule has 0 bridgehead atoms.